The number of nitrogens with two attached hydrogens (primary N) is 1. The fraction of sp³-hybridized carbons (Fsp3) is 0.458. The number of carbonyl (C=O) groups is 1. The molecule has 1 aromatic rings. The second-order valence-electron chi connectivity index (χ2n) is 7.65. The third-order valence-electron chi connectivity index (χ3n) is 4.18. The van der Waals surface area contributed by atoms with Gasteiger partial charge in [0.05, 0.1) is 18.2 Å². The highest BCUT2D eigenvalue weighted by molar-refractivity contribution is 5.93. The van der Waals surface area contributed by atoms with E-state index in [-0.39, 0.29) is 18.8 Å². The number of halogens is 1. The average Bonchev–Trinajstić information content (AvgIpc) is 2.67. The van der Waals surface area contributed by atoms with Crippen LogP contribution in [-0.2, 0) is 16.1 Å². The second kappa shape index (κ2) is 12.2. The van der Waals surface area contributed by atoms with Gasteiger partial charge in [0, 0.05) is 18.3 Å². The lowest BCUT2D eigenvalue weighted by molar-refractivity contribution is -0.138. The molecule has 6 heteroatoms. The molecule has 1 unspecified atom stereocenters. The molecule has 0 radical (unpaired) electrons. The molecule has 3 N–H and O–H groups in total. The van der Waals surface area contributed by atoms with Crippen LogP contribution >= 0.6 is 0 Å². The molecule has 0 fully saturated rings. The van der Waals surface area contributed by atoms with Crippen LogP contribution in [-0.4, -0.2) is 30.9 Å². The smallest absolute Gasteiger partial charge is 0.337 e. The summed E-state index contributed by atoms with van der Waals surface area (Å²) < 4.78 is 24.3. The minimum absolute atomic E-state index is 0.00330. The monoisotopic (exact) mass is 418 g/mol. The lowest BCUT2D eigenvalue weighted by Crippen LogP contribution is -2.26. The Bertz CT molecular complexity index is 779. The fourth-order valence-electron chi connectivity index (χ4n) is 2.62. The van der Waals surface area contributed by atoms with Gasteiger partial charge < -0.3 is 20.5 Å². The van der Waals surface area contributed by atoms with Crippen LogP contribution in [0.2, 0.25) is 0 Å². The molecule has 0 saturated carbocycles. The maximum absolute atomic E-state index is 13.6. The number of hydrogen-bond acceptors (Lipinski definition) is 5. The van der Waals surface area contributed by atoms with E-state index in [9.17, 15) is 9.18 Å². The van der Waals surface area contributed by atoms with Crippen LogP contribution in [0.1, 0.15) is 45.2 Å². The predicted octanol–water partition coefficient (Wildman–Crippen LogP) is 4.51. The van der Waals surface area contributed by atoms with Crippen LogP contribution in [0, 0.1) is 6.92 Å². The molecule has 5 nitrogen and oxygen atoms in total. The van der Waals surface area contributed by atoms with Crippen LogP contribution in [0.5, 0.6) is 5.75 Å². The van der Waals surface area contributed by atoms with Crippen molar-refractivity contribution >= 4 is 5.97 Å². The van der Waals surface area contributed by atoms with Crippen molar-refractivity contribution in [3.63, 3.8) is 0 Å². The highest BCUT2D eigenvalue weighted by Gasteiger charge is 2.18. The average molecular weight is 419 g/mol. The van der Waals surface area contributed by atoms with E-state index in [1.54, 1.807) is 13.1 Å². The van der Waals surface area contributed by atoms with Gasteiger partial charge in [0.1, 0.15) is 18.0 Å². The van der Waals surface area contributed by atoms with Crippen molar-refractivity contribution in [3.8, 4) is 5.75 Å². The van der Waals surface area contributed by atoms with Gasteiger partial charge in [-0.25, -0.2) is 9.18 Å². The summed E-state index contributed by atoms with van der Waals surface area (Å²) in [5, 5.41) is 3.19. The first kappa shape index (κ1) is 25.4. The molecule has 1 atom stereocenters. The highest BCUT2D eigenvalue weighted by Crippen LogP contribution is 2.21. The molecule has 1 rings (SSSR count). The number of ether oxygens (including phenoxy) is 2. The second-order valence-corrected chi connectivity index (χ2v) is 7.65. The lowest BCUT2D eigenvalue weighted by atomic mass is 10.0. The molecule has 1 aromatic carbocycles. The van der Waals surface area contributed by atoms with E-state index in [1.807, 2.05) is 44.2 Å². The fourth-order valence-corrected chi connectivity index (χ4v) is 2.62. The molecule has 30 heavy (non-hydrogen) atoms. The molecule has 0 saturated heterocycles. The van der Waals surface area contributed by atoms with Crippen molar-refractivity contribution in [2.45, 2.75) is 59.3 Å². The molecule has 0 heterocycles. The van der Waals surface area contributed by atoms with E-state index >= 15 is 0 Å². The van der Waals surface area contributed by atoms with Crippen molar-refractivity contribution in [3.05, 3.63) is 65.4 Å². The highest BCUT2D eigenvalue weighted by atomic mass is 19.1. The number of aryl methyl sites for hydroxylation is 1. The molecule has 0 amide bonds. The molecule has 0 aromatic heterocycles. The maximum Gasteiger partial charge on any atom is 0.337 e. The van der Waals surface area contributed by atoms with E-state index in [0.29, 0.717) is 17.9 Å². The summed E-state index contributed by atoms with van der Waals surface area (Å²) in [5.74, 6) is 0.169. The quantitative estimate of drug-likeness (QED) is 0.226. The van der Waals surface area contributed by atoms with E-state index in [0.717, 1.165) is 17.5 Å². The molecule has 0 aliphatic carbocycles. The normalized spacial score (nSPS) is 13.2. The number of hydrogen-bond donors (Lipinski definition) is 2. The summed E-state index contributed by atoms with van der Waals surface area (Å²) in [6.07, 6.45) is 6.32. The molecule has 166 valence electrons. The number of benzene rings is 1. The number of allylic oxidation sites excluding steroid dienone is 1. The van der Waals surface area contributed by atoms with Gasteiger partial charge in [-0.2, -0.15) is 0 Å². The third kappa shape index (κ3) is 8.82. The van der Waals surface area contributed by atoms with E-state index in [2.05, 4.69) is 11.9 Å². The SMILES string of the molecule is C=C(C(=O)OCC)/C(=C/NCc1ccc(OCC(C)(C)F)c(C)c1)C(N)/C=C\CC. The zero-order chi connectivity index (χ0) is 22.7. The van der Waals surface area contributed by atoms with Crippen molar-refractivity contribution in [2.24, 2.45) is 5.73 Å². The van der Waals surface area contributed by atoms with Crippen LogP contribution in [0.4, 0.5) is 4.39 Å². The van der Waals surface area contributed by atoms with E-state index in [4.69, 9.17) is 15.2 Å². The standard InChI is InChI=1S/C24H35FN2O3/c1-7-9-10-21(26)20(18(4)23(28)29-8-2)15-27-14-19-11-12-22(17(3)13-19)30-16-24(5,6)25/h9-13,15,21,27H,4,7-8,14,16,26H2,1-3,5-6H3/b10-9-,20-15-. The summed E-state index contributed by atoms with van der Waals surface area (Å²) in [7, 11) is 0. The van der Waals surface area contributed by atoms with Gasteiger partial charge >= 0.3 is 5.97 Å². The van der Waals surface area contributed by atoms with Gasteiger partial charge in [0.15, 0.2) is 0 Å². The number of alkyl halides is 1. The first-order valence-corrected chi connectivity index (χ1v) is 10.2. The Hall–Kier alpha value is -2.60. The van der Waals surface area contributed by atoms with Crippen LogP contribution < -0.4 is 15.8 Å². The van der Waals surface area contributed by atoms with Gasteiger partial charge in [0.25, 0.3) is 0 Å². The summed E-state index contributed by atoms with van der Waals surface area (Å²) in [5.41, 5.74) is 7.56. The topological polar surface area (TPSA) is 73.6 Å². The Balaban J connectivity index is 2.88. The Morgan fingerprint density at radius 2 is 2.07 bits per heavy atom. The van der Waals surface area contributed by atoms with Crippen molar-refractivity contribution in [2.75, 3.05) is 13.2 Å². The van der Waals surface area contributed by atoms with Gasteiger partial charge in [0.2, 0.25) is 0 Å². The van der Waals surface area contributed by atoms with Gasteiger partial charge in [-0.15, -0.1) is 0 Å². The van der Waals surface area contributed by atoms with Crippen molar-refractivity contribution < 1.29 is 18.7 Å². The third-order valence-corrected chi connectivity index (χ3v) is 4.18. The zero-order valence-corrected chi connectivity index (χ0v) is 18.8. The number of nitrogens with one attached hydrogen (secondary N) is 1. The predicted molar refractivity (Wildman–Crippen MR) is 120 cm³/mol. The zero-order valence-electron chi connectivity index (χ0n) is 18.8. The largest absolute Gasteiger partial charge is 0.490 e. The molecular formula is C24H35FN2O3. The van der Waals surface area contributed by atoms with Gasteiger partial charge in [-0.3, -0.25) is 0 Å². The summed E-state index contributed by atoms with van der Waals surface area (Å²) in [4.78, 5) is 12.1. The minimum Gasteiger partial charge on any atom is -0.490 e. The Kier molecular flexibility index (Phi) is 10.3. The van der Waals surface area contributed by atoms with Crippen LogP contribution in [0.25, 0.3) is 0 Å². The molecule has 0 aliphatic heterocycles. The van der Waals surface area contributed by atoms with Gasteiger partial charge in [-0.1, -0.05) is 37.8 Å². The molecule has 0 aliphatic rings. The van der Waals surface area contributed by atoms with Crippen LogP contribution in [0.3, 0.4) is 0 Å². The first-order chi connectivity index (χ1) is 14.1. The van der Waals surface area contributed by atoms with Crippen LogP contribution in [0.15, 0.2) is 54.3 Å². The Morgan fingerprint density at radius 3 is 2.63 bits per heavy atom. The molecular weight excluding hydrogens is 383 g/mol. The number of esters is 1. The maximum atomic E-state index is 13.6. The Morgan fingerprint density at radius 1 is 1.37 bits per heavy atom. The lowest BCUT2D eigenvalue weighted by Gasteiger charge is -2.17. The first-order valence-electron chi connectivity index (χ1n) is 10.2. The van der Waals surface area contributed by atoms with E-state index < -0.39 is 17.7 Å². The van der Waals surface area contributed by atoms with E-state index in [1.165, 1.54) is 13.8 Å². The van der Waals surface area contributed by atoms with Crippen molar-refractivity contribution in [1.82, 2.24) is 5.32 Å². The van der Waals surface area contributed by atoms with Crippen molar-refractivity contribution in [1.29, 1.82) is 0 Å². The number of carbonyl (C=O) groups excluding carboxylic acids is 1. The minimum atomic E-state index is -1.39. The van der Waals surface area contributed by atoms with Gasteiger partial charge in [-0.05, 0) is 51.3 Å². The summed E-state index contributed by atoms with van der Waals surface area (Å²) in [6, 6.07) is 5.23. The molecule has 0 spiro atoms. The number of rotatable bonds is 12. The molecule has 0 bridgehead atoms. The summed E-state index contributed by atoms with van der Waals surface area (Å²) >= 11 is 0. The summed E-state index contributed by atoms with van der Waals surface area (Å²) in [6.45, 7) is 13.3. The Labute approximate surface area is 179 Å².